The summed E-state index contributed by atoms with van der Waals surface area (Å²) in [6, 6.07) is 5.78. The molecule has 0 spiro atoms. The van der Waals surface area contributed by atoms with Gasteiger partial charge in [-0.15, -0.1) is 11.3 Å². The summed E-state index contributed by atoms with van der Waals surface area (Å²) in [5, 5.41) is 3.41. The lowest BCUT2D eigenvalue weighted by Gasteiger charge is -2.20. The van der Waals surface area contributed by atoms with Crippen molar-refractivity contribution in [2.75, 3.05) is 7.05 Å². The van der Waals surface area contributed by atoms with E-state index in [2.05, 4.69) is 11.4 Å². The molecule has 1 heterocycles. The Morgan fingerprint density at radius 1 is 1.15 bits per heavy atom. The molecule has 1 N–H and O–H groups in total. The van der Waals surface area contributed by atoms with Crippen LogP contribution in [0.15, 0.2) is 18.2 Å². The summed E-state index contributed by atoms with van der Waals surface area (Å²) < 4.78 is 13.5. The minimum Gasteiger partial charge on any atom is -0.309 e. The molecule has 0 saturated carbocycles. The van der Waals surface area contributed by atoms with Gasteiger partial charge >= 0.3 is 0 Å². The first-order valence-electron chi connectivity index (χ1n) is 7.15. The molecule has 1 nitrogen and oxygen atoms in total. The Labute approximate surface area is 123 Å². The molecule has 0 fully saturated rings. The molecule has 3 heteroatoms. The van der Waals surface area contributed by atoms with E-state index in [0.717, 1.165) is 11.1 Å². The van der Waals surface area contributed by atoms with Crippen LogP contribution in [0.25, 0.3) is 0 Å². The molecular weight excluding hydrogens is 269 g/mol. The number of thiophene rings is 1. The highest BCUT2D eigenvalue weighted by atomic mass is 32.1. The van der Waals surface area contributed by atoms with Gasteiger partial charge in [0, 0.05) is 9.75 Å². The first kappa shape index (κ1) is 13.8. The zero-order chi connectivity index (χ0) is 14.3. The maximum Gasteiger partial charge on any atom is 0.123 e. The highest BCUT2D eigenvalue weighted by Gasteiger charge is 2.23. The van der Waals surface area contributed by atoms with Crippen molar-refractivity contribution in [3.05, 3.63) is 56.0 Å². The van der Waals surface area contributed by atoms with Gasteiger partial charge in [0.1, 0.15) is 5.82 Å². The van der Waals surface area contributed by atoms with Gasteiger partial charge < -0.3 is 5.32 Å². The molecule has 0 aliphatic heterocycles. The summed E-state index contributed by atoms with van der Waals surface area (Å²) in [5.41, 5.74) is 4.78. The molecule has 3 rings (SSSR count). The van der Waals surface area contributed by atoms with Crippen molar-refractivity contribution in [3.8, 4) is 0 Å². The second kappa shape index (κ2) is 5.30. The standard InChI is InChI=1S/C17H20FNS/c1-10-7-13(18)8-11(2)16(10)17(19-3)15-9-12-5-4-6-14(12)20-15/h7-9,17,19H,4-6H2,1-3H3. The van der Waals surface area contributed by atoms with Gasteiger partial charge in [0.25, 0.3) is 0 Å². The van der Waals surface area contributed by atoms with Crippen LogP contribution in [0.1, 0.15) is 44.5 Å². The van der Waals surface area contributed by atoms with Crippen LogP contribution in [0.4, 0.5) is 4.39 Å². The normalized spacial score (nSPS) is 15.4. The number of fused-ring (bicyclic) bond motifs is 1. The molecule has 0 radical (unpaired) electrons. The molecule has 1 unspecified atom stereocenters. The maximum absolute atomic E-state index is 13.5. The smallest absolute Gasteiger partial charge is 0.123 e. The Bertz CT molecular complexity index is 600. The van der Waals surface area contributed by atoms with E-state index in [1.807, 2.05) is 32.2 Å². The van der Waals surface area contributed by atoms with E-state index in [0.29, 0.717) is 0 Å². The van der Waals surface area contributed by atoms with Crippen LogP contribution in [0, 0.1) is 19.7 Å². The number of benzene rings is 1. The predicted octanol–water partition coefficient (Wildman–Crippen LogP) is 4.30. The van der Waals surface area contributed by atoms with Crippen molar-refractivity contribution in [1.29, 1.82) is 0 Å². The molecule has 106 valence electrons. The quantitative estimate of drug-likeness (QED) is 0.888. The van der Waals surface area contributed by atoms with Crippen molar-refractivity contribution in [2.45, 2.75) is 39.2 Å². The third-order valence-electron chi connectivity index (χ3n) is 4.19. The Morgan fingerprint density at radius 3 is 2.45 bits per heavy atom. The van der Waals surface area contributed by atoms with E-state index in [-0.39, 0.29) is 11.9 Å². The molecule has 1 aliphatic rings. The molecule has 20 heavy (non-hydrogen) atoms. The zero-order valence-corrected chi connectivity index (χ0v) is 13.0. The van der Waals surface area contributed by atoms with E-state index in [1.165, 1.54) is 40.1 Å². The lowest BCUT2D eigenvalue weighted by atomic mass is 9.94. The second-order valence-corrected chi connectivity index (χ2v) is 6.79. The number of rotatable bonds is 3. The fourth-order valence-corrected chi connectivity index (χ4v) is 4.68. The van der Waals surface area contributed by atoms with Crippen LogP contribution in [0.5, 0.6) is 0 Å². The van der Waals surface area contributed by atoms with Gasteiger partial charge in [-0.1, -0.05) is 0 Å². The first-order chi connectivity index (χ1) is 9.60. The fourth-order valence-electron chi connectivity index (χ4n) is 3.30. The highest BCUT2D eigenvalue weighted by Crippen LogP contribution is 2.37. The van der Waals surface area contributed by atoms with Gasteiger partial charge in [0.2, 0.25) is 0 Å². The van der Waals surface area contributed by atoms with Crippen molar-refractivity contribution in [1.82, 2.24) is 5.32 Å². The van der Waals surface area contributed by atoms with Crippen molar-refractivity contribution in [2.24, 2.45) is 0 Å². The molecular formula is C17H20FNS. The second-order valence-electron chi connectivity index (χ2n) is 5.63. The van der Waals surface area contributed by atoms with Crippen LogP contribution in [-0.2, 0) is 12.8 Å². The van der Waals surface area contributed by atoms with Crippen LogP contribution >= 0.6 is 11.3 Å². The lowest BCUT2D eigenvalue weighted by molar-refractivity contribution is 0.619. The van der Waals surface area contributed by atoms with E-state index in [4.69, 9.17) is 0 Å². The summed E-state index contributed by atoms with van der Waals surface area (Å²) in [6.07, 6.45) is 3.72. The summed E-state index contributed by atoms with van der Waals surface area (Å²) in [5.74, 6) is -0.146. The number of aryl methyl sites for hydroxylation is 4. The molecule has 0 amide bonds. The SMILES string of the molecule is CNC(c1cc2c(s1)CCC2)c1c(C)cc(F)cc1C. The Kier molecular flexibility index (Phi) is 3.65. The largest absolute Gasteiger partial charge is 0.309 e. The minimum absolute atomic E-state index is 0.146. The monoisotopic (exact) mass is 289 g/mol. The van der Waals surface area contributed by atoms with Gasteiger partial charge in [-0.3, -0.25) is 0 Å². The molecule has 2 aromatic rings. The van der Waals surface area contributed by atoms with Crippen LogP contribution < -0.4 is 5.32 Å². The molecule has 1 atom stereocenters. The zero-order valence-electron chi connectivity index (χ0n) is 12.2. The van der Waals surface area contributed by atoms with E-state index < -0.39 is 0 Å². The Hall–Kier alpha value is -1.19. The van der Waals surface area contributed by atoms with Crippen molar-refractivity contribution < 1.29 is 4.39 Å². The predicted molar refractivity (Wildman–Crippen MR) is 83.1 cm³/mol. The van der Waals surface area contributed by atoms with Crippen molar-refractivity contribution >= 4 is 11.3 Å². The number of hydrogen-bond acceptors (Lipinski definition) is 2. The van der Waals surface area contributed by atoms with E-state index in [9.17, 15) is 4.39 Å². The van der Waals surface area contributed by atoms with Crippen molar-refractivity contribution in [3.63, 3.8) is 0 Å². The Balaban J connectivity index is 2.05. The van der Waals surface area contributed by atoms with Gasteiger partial charge in [0.05, 0.1) is 6.04 Å². The highest BCUT2D eigenvalue weighted by molar-refractivity contribution is 7.12. The summed E-state index contributed by atoms with van der Waals surface area (Å²) in [4.78, 5) is 2.90. The number of hydrogen-bond donors (Lipinski definition) is 1. The molecule has 1 aliphatic carbocycles. The summed E-state index contributed by atoms with van der Waals surface area (Å²) >= 11 is 1.91. The molecule has 0 bridgehead atoms. The molecule has 1 aromatic carbocycles. The topological polar surface area (TPSA) is 12.0 Å². The third kappa shape index (κ3) is 2.29. The van der Waals surface area contributed by atoms with E-state index in [1.54, 1.807) is 12.1 Å². The minimum atomic E-state index is -0.146. The Morgan fingerprint density at radius 2 is 1.85 bits per heavy atom. The molecule has 0 saturated heterocycles. The summed E-state index contributed by atoms with van der Waals surface area (Å²) in [7, 11) is 1.98. The number of nitrogens with one attached hydrogen (secondary N) is 1. The van der Waals surface area contributed by atoms with Crippen LogP contribution in [0.3, 0.4) is 0 Å². The lowest BCUT2D eigenvalue weighted by Crippen LogP contribution is -2.19. The first-order valence-corrected chi connectivity index (χ1v) is 7.97. The van der Waals surface area contributed by atoms with Crippen LogP contribution in [-0.4, -0.2) is 7.05 Å². The van der Waals surface area contributed by atoms with Crippen LogP contribution in [0.2, 0.25) is 0 Å². The third-order valence-corrected chi connectivity index (χ3v) is 5.49. The average molecular weight is 289 g/mol. The summed E-state index contributed by atoms with van der Waals surface area (Å²) in [6.45, 7) is 3.99. The van der Waals surface area contributed by atoms with Gasteiger partial charge in [-0.05, 0) is 80.6 Å². The molecule has 1 aromatic heterocycles. The van der Waals surface area contributed by atoms with Gasteiger partial charge in [-0.25, -0.2) is 4.39 Å². The average Bonchev–Trinajstić information content (AvgIpc) is 2.93. The van der Waals surface area contributed by atoms with Gasteiger partial charge in [-0.2, -0.15) is 0 Å². The number of halogens is 1. The maximum atomic E-state index is 13.5. The van der Waals surface area contributed by atoms with Gasteiger partial charge in [0.15, 0.2) is 0 Å². The fraction of sp³-hybridized carbons (Fsp3) is 0.412. The van der Waals surface area contributed by atoms with E-state index >= 15 is 0 Å².